The first-order valence-corrected chi connectivity index (χ1v) is 15.2. The van der Waals surface area contributed by atoms with Crippen molar-refractivity contribution in [2.75, 3.05) is 66.1 Å². The number of amides is 1. The van der Waals surface area contributed by atoms with Gasteiger partial charge in [0.05, 0.1) is 18.8 Å². The van der Waals surface area contributed by atoms with Crippen LogP contribution in [0.25, 0.3) is 0 Å². The molecule has 3 saturated heterocycles. The van der Waals surface area contributed by atoms with Gasteiger partial charge in [-0.3, -0.25) is 25.6 Å². The average Bonchev–Trinajstić information content (AvgIpc) is 3.50. The van der Waals surface area contributed by atoms with Crippen LogP contribution in [0.4, 0.5) is 0 Å². The van der Waals surface area contributed by atoms with Gasteiger partial charge >= 0.3 is 0 Å². The number of methoxy groups -OCH3 is 1. The predicted molar refractivity (Wildman–Crippen MR) is 143 cm³/mol. The number of rotatable bonds is 9. The van der Waals surface area contributed by atoms with Gasteiger partial charge in [0.2, 0.25) is 0 Å². The predicted octanol–water partition coefficient (Wildman–Crippen LogP) is 1.52. The normalized spacial score (nSPS) is 38.1. The Morgan fingerprint density at radius 2 is 1.59 bits per heavy atom. The van der Waals surface area contributed by atoms with Gasteiger partial charge in [0, 0.05) is 65.6 Å². The van der Waals surface area contributed by atoms with E-state index in [0.717, 1.165) is 96.5 Å². The zero-order chi connectivity index (χ0) is 25.5. The van der Waals surface area contributed by atoms with Gasteiger partial charge in [-0.25, -0.2) is 0 Å². The van der Waals surface area contributed by atoms with E-state index in [1.165, 1.54) is 38.5 Å². The summed E-state index contributed by atoms with van der Waals surface area (Å²) in [6.07, 6.45) is 12.5. The molecule has 37 heavy (non-hydrogen) atoms. The van der Waals surface area contributed by atoms with Crippen molar-refractivity contribution in [3.63, 3.8) is 0 Å². The van der Waals surface area contributed by atoms with Crippen molar-refractivity contribution < 1.29 is 19.0 Å². The van der Waals surface area contributed by atoms with E-state index < -0.39 is 0 Å². The summed E-state index contributed by atoms with van der Waals surface area (Å²) < 4.78 is 17.4. The topological polar surface area (TPSA) is 87.3 Å². The molecule has 5 fully saturated rings. The van der Waals surface area contributed by atoms with Gasteiger partial charge in [-0.2, -0.15) is 0 Å². The third kappa shape index (κ3) is 7.87. The zero-order valence-corrected chi connectivity index (χ0v) is 23.0. The van der Waals surface area contributed by atoms with Crippen molar-refractivity contribution in [3.8, 4) is 0 Å². The number of hydrogen-bond donors (Lipinski definition) is 3. The summed E-state index contributed by atoms with van der Waals surface area (Å²) in [4.78, 5) is 16.9. The molecule has 1 unspecified atom stereocenters. The van der Waals surface area contributed by atoms with Crippen LogP contribution in [0.2, 0.25) is 0 Å². The van der Waals surface area contributed by atoms with Crippen LogP contribution < -0.4 is 16.0 Å². The van der Waals surface area contributed by atoms with Gasteiger partial charge in [0.15, 0.2) is 0 Å². The lowest BCUT2D eigenvalue weighted by atomic mass is 9.78. The van der Waals surface area contributed by atoms with Gasteiger partial charge in [-0.1, -0.05) is 0 Å². The first-order chi connectivity index (χ1) is 18.2. The van der Waals surface area contributed by atoms with Crippen LogP contribution in [0.3, 0.4) is 0 Å². The van der Waals surface area contributed by atoms with Crippen LogP contribution in [0, 0.1) is 11.8 Å². The van der Waals surface area contributed by atoms with Crippen LogP contribution in [-0.4, -0.2) is 112 Å². The number of hydrogen-bond acceptors (Lipinski definition) is 8. The maximum atomic E-state index is 12.5. The van der Waals surface area contributed by atoms with Crippen LogP contribution in [0.1, 0.15) is 64.2 Å². The molecule has 5 aliphatic rings. The summed E-state index contributed by atoms with van der Waals surface area (Å²) in [6, 6.07) is 0.563. The monoisotopic (exact) mass is 521 g/mol. The largest absolute Gasteiger partial charge is 0.381 e. The fourth-order valence-corrected chi connectivity index (χ4v) is 7.08. The number of nitrogens with zero attached hydrogens (tertiary/aromatic N) is 2. The minimum atomic E-state index is -0.188. The van der Waals surface area contributed by atoms with Crippen molar-refractivity contribution in [3.05, 3.63) is 0 Å². The maximum absolute atomic E-state index is 12.5. The van der Waals surface area contributed by atoms with Crippen LogP contribution in [0.15, 0.2) is 0 Å². The zero-order valence-electron chi connectivity index (χ0n) is 23.0. The highest BCUT2D eigenvalue weighted by Gasteiger charge is 2.32. The summed E-state index contributed by atoms with van der Waals surface area (Å²) in [7, 11) is 1.85. The van der Waals surface area contributed by atoms with Crippen LogP contribution >= 0.6 is 0 Å². The van der Waals surface area contributed by atoms with Gasteiger partial charge in [-0.15, -0.1) is 0 Å². The molecule has 2 aliphatic carbocycles. The van der Waals surface area contributed by atoms with E-state index in [-0.39, 0.29) is 18.3 Å². The molecule has 0 bridgehead atoms. The summed E-state index contributed by atoms with van der Waals surface area (Å²) in [5, 5.41) is 11.3. The summed E-state index contributed by atoms with van der Waals surface area (Å²) in [5.74, 6) is 1.77. The van der Waals surface area contributed by atoms with Crippen LogP contribution in [-0.2, 0) is 19.0 Å². The van der Waals surface area contributed by atoms with E-state index in [2.05, 4.69) is 20.9 Å². The van der Waals surface area contributed by atoms with E-state index in [4.69, 9.17) is 14.2 Å². The molecule has 3 heterocycles. The molecule has 1 amide bonds. The molecule has 5 rings (SSSR count). The van der Waals surface area contributed by atoms with E-state index in [9.17, 15) is 4.79 Å². The van der Waals surface area contributed by atoms with Gasteiger partial charge in [0.1, 0.15) is 12.4 Å². The Morgan fingerprint density at radius 3 is 2.24 bits per heavy atom. The van der Waals surface area contributed by atoms with E-state index >= 15 is 0 Å². The number of ether oxygens (including phenoxy) is 3. The Bertz CT molecular complexity index is 676. The molecule has 0 aromatic rings. The lowest BCUT2D eigenvalue weighted by Crippen LogP contribution is -2.63. The molecule has 2 saturated carbocycles. The molecule has 212 valence electrons. The second-order valence-corrected chi connectivity index (χ2v) is 12.0. The van der Waals surface area contributed by atoms with E-state index in [1.54, 1.807) is 0 Å². The fraction of sp³-hybridized carbons (Fsp3) is 0.964. The number of carbonyl (C=O) groups excluding carboxylic acids is 1. The molecule has 1 atom stereocenters. The molecule has 3 N–H and O–H groups in total. The molecule has 9 heteroatoms. The highest BCUT2D eigenvalue weighted by Crippen LogP contribution is 2.32. The first-order valence-electron chi connectivity index (χ1n) is 15.2. The molecular formula is C28H51N5O4. The van der Waals surface area contributed by atoms with E-state index in [0.29, 0.717) is 18.2 Å². The smallest absolute Gasteiger partial charge is 0.251 e. The minimum Gasteiger partial charge on any atom is -0.381 e. The molecule has 9 nitrogen and oxygen atoms in total. The standard InChI is InChI=1S/C28H51N5O4/c1-35-24-8-4-21(5-9-24)22-19-29-28(30-20-22)31-23-6-10-25(11-7-23)36-18-16-32-12-14-33(15-13-32)27(34)26-3-2-17-37-26/h21-26,28-31H,2-20H2,1H3. The second-order valence-electron chi connectivity index (χ2n) is 12.0. The lowest BCUT2D eigenvalue weighted by Gasteiger charge is -2.40. The Hall–Kier alpha value is -0.810. The molecule has 0 radical (unpaired) electrons. The summed E-state index contributed by atoms with van der Waals surface area (Å²) >= 11 is 0. The highest BCUT2D eigenvalue weighted by molar-refractivity contribution is 5.81. The van der Waals surface area contributed by atoms with Crippen molar-refractivity contribution in [2.45, 2.75) is 94.9 Å². The molecule has 0 aromatic carbocycles. The van der Waals surface area contributed by atoms with E-state index in [1.807, 2.05) is 12.0 Å². The van der Waals surface area contributed by atoms with Gasteiger partial charge in [-0.05, 0) is 76.0 Å². The SMILES string of the molecule is COC1CCC(C2CNC(NC3CCC(OCCN4CCN(C(=O)C5CCCO5)CC4)CC3)NC2)CC1. The molecule has 3 aliphatic heterocycles. The number of carbonyl (C=O) groups is 1. The lowest BCUT2D eigenvalue weighted by molar-refractivity contribution is -0.142. The average molecular weight is 522 g/mol. The molecular weight excluding hydrogens is 470 g/mol. The maximum Gasteiger partial charge on any atom is 0.251 e. The highest BCUT2D eigenvalue weighted by atomic mass is 16.5. The summed E-state index contributed by atoms with van der Waals surface area (Å²) in [6.45, 7) is 8.22. The van der Waals surface area contributed by atoms with Gasteiger partial charge in [0.25, 0.3) is 5.91 Å². The van der Waals surface area contributed by atoms with Gasteiger partial charge < -0.3 is 19.1 Å². The van der Waals surface area contributed by atoms with Crippen molar-refractivity contribution in [1.29, 1.82) is 0 Å². The van der Waals surface area contributed by atoms with Crippen LogP contribution in [0.5, 0.6) is 0 Å². The third-order valence-electron chi connectivity index (χ3n) is 9.61. The minimum absolute atomic E-state index is 0.188. The number of nitrogens with one attached hydrogen (secondary N) is 3. The Kier molecular flexibility index (Phi) is 10.5. The third-order valence-corrected chi connectivity index (χ3v) is 9.61. The Morgan fingerprint density at radius 1 is 0.892 bits per heavy atom. The van der Waals surface area contributed by atoms with Crippen molar-refractivity contribution in [2.24, 2.45) is 11.8 Å². The fourth-order valence-electron chi connectivity index (χ4n) is 7.08. The summed E-state index contributed by atoms with van der Waals surface area (Å²) in [5.41, 5.74) is 0. The number of piperazine rings is 1. The Balaban J connectivity index is 0.898. The van der Waals surface area contributed by atoms with Crippen molar-refractivity contribution in [1.82, 2.24) is 25.8 Å². The molecule has 0 aromatic heterocycles. The first kappa shape index (κ1) is 27.7. The quantitative estimate of drug-likeness (QED) is 0.421. The van der Waals surface area contributed by atoms with Crippen molar-refractivity contribution >= 4 is 5.91 Å². The Labute approximate surface area is 223 Å². The molecule has 0 spiro atoms. The second kappa shape index (κ2) is 14.0.